The van der Waals surface area contributed by atoms with Crippen molar-refractivity contribution < 1.29 is 13.0 Å². The van der Waals surface area contributed by atoms with E-state index in [1.807, 2.05) is 0 Å². The lowest BCUT2D eigenvalue weighted by molar-refractivity contribution is 0.482. The molecule has 0 radical (unpaired) electrons. The van der Waals surface area contributed by atoms with Gasteiger partial charge in [0.05, 0.1) is 0 Å². The Balaban J connectivity index is 0.000000500. The highest BCUT2D eigenvalue weighted by Gasteiger charge is 2.04. The monoisotopic (exact) mass is 231 g/mol. The minimum atomic E-state index is -3.88. The summed E-state index contributed by atoms with van der Waals surface area (Å²) in [4.78, 5) is 0. The number of benzene rings is 1. The van der Waals surface area contributed by atoms with Gasteiger partial charge >= 0.3 is 0 Å². The first-order chi connectivity index (χ1) is 6.49. The van der Waals surface area contributed by atoms with E-state index in [1.165, 1.54) is 5.40 Å². The summed E-state index contributed by atoms with van der Waals surface area (Å²) in [5.74, 6) is -0.312. The van der Waals surface area contributed by atoms with Gasteiger partial charge in [-0.05, 0) is 5.56 Å². The van der Waals surface area contributed by atoms with E-state index in [4.69, 9.17) is 9.81 Å². The summed E-state index contributed by atoms with van der Waals surface area (Å²) in [6, 6.07) is 8.52. The molecule has 0 aliphatic heterocycles. The highest BCUT2D eigenvalue weighted by molar-refractivity contribution is 7.85. The zero-order valence-electron chi connectivity index (χ0n) is 7.16. The molecule has 4 nitrogen and oxygen atoms in total. The minimum Gasteiger partial charge on any atom is -0.285 e. The minimum absolute atomic E-state index is 0.312. The number of thiol groups is 1. The summed E-state index contributed by atoms with van der Waals surface area (Å²) in [5.41, 5.74) is 0.593. The molecule has 6 heteroatoms. The van der Waals surface area contributed by atoms with Crippen molar-refractivity contribution in [1.82, 2.24) is 0 Å². The molecule has 1 aromatic carbocycles. The van der Waals surface area contributed by atoms with Crippen LogP contribution in [0.15, 0.2) is 30.3 Å². The molecular formula is C8H9NO3S2. The van der Waals surface area contributed by atoms with Crippen LogP contribution in [0.3, 0.4) is 0 Å². The molecule has 0 saturated heterocycles. The number of hydrogen-bond donors (Lipinski definition) is 2. The molecule has 0 aromatic heterocycles. The molecule has 0 amide bonds. The van der Waals surface area contributed by atoms with E-state index >= 15 is 0 Å². The third-order valence-electron chi connectivity index (χ3n) is 1.19. The molecule has 0 fully saturated rings. The fourth-order valence-corrected chi connectivity index (χ4v) is 1.40. The maximum Gasteiger partial charge on any atom is 0.269 e. The predicted octanol–water partition coefficient (Wildman–Crippen LogP) is 1.47. The van der Waals surface area contributed by atoms with Crippen LogP contribution >= 0.6 is 12.6 Å². The van der Waals surface area contributed by atoms with E-state index < -0.39 is 10.1 Å². The van der Waals surface area contributed by atoms with Gasteiger partial charge in [-0.1, -0.05) is 43.0 Å². The second-order valence-corrected chi connectivity index (χ2v) is 3.96. The van der Waals surface area contributed by atoms with Crippen molar-refractivity contribution in [2.75, 3.05) is 0 Å². The summed E-state index contributed by atoms with van der Waals surface area (Å²) >= 11 is 3.09. The molecule has 1 N–H and O–H groups in total. The smallest absolute Gasteiger partial charge is 0.269 e. The van der Waals surface area contributed by atoms with Crippen LogP contribution in [0, 0.1) is 10.7 Å². The third kappa shape index (κ3) is 7.61. The van der Waals surface area contributed by atoms with Crippen molar-refractivity contribution in [3.8, 4) is 5.40 Å². The Morgan fingerprint density at radius 1 is 1.36 bits per heavy atom. The molecule has 0 atom stereocenters. The molecule has 0 heterocycles. The van der Waals surface area contributed by atoms with Gasteiger partial charge in [-0.15, -0.1) is 0 Å². The zero-order valence-corrected chi connectivity index (χ0v) is 8.87. The van der Waals surface area contributed by atoms with Crippen LogP contribution in [-0.2, 0) is 15.9 Å². The average Bonchev–Trinajstić information content (AvgIpc) is 2.04. The first kappa shape index (κ1) is 13.0. The second-order valence-electron chi connectivity index (χ2n) is 2.31. The molecule has 0 saturated carbocycles. The van der Waals surface area contributed by atoms with E-state index in [9.17, 15) is 8.42 Å². The lowest BCUT2D eigenvalue weighted by Gasteiger charge is -1.95. The second kappa shape index (κ2) is 6.43. The fourth-order valence-electron chi connectivity index (χ4n) is 0.785. The molecule has 0 aliphatic rings. The highest BCUT2D eigenvalue weighted by Crippen LogP contribution is 2.02. The number of nitrogens with zero attached hydrogens (tertiary/aromatic N) is 1. The normalized spacial score (nSPS) is 9.50. The fraction of sp³-hybridized carbons (Fsp3) is 0.125. The van der Waals surface area contributed by atoms with E-state index in [1.54, 1.807) is 30.3 Å². The van der Waals surface area contributed by atoms with Crippen molar-refractivity contribution in [2.24, 2.45) is 0 Å². The SMILES string of the molecule is N#CS.O=S(=O)(O)Cc1ccccc1. The molecule has 76 valence electrons. The Labute approximate surface area is 88.3 Å². The summed E-state index contributed by atoms with van der Waals surface area (Å²) in [5, 5.41) is 8.63. The van der Waals surface area contributed by atoms with Crippen LogP contribution in [0.25, 0.3) is 0 Å². The van der Waals surface area contributed by atoms with Gasteiger partial charge in [0, 0.05) is 0 Å². The quantitative estimate of drug-likeness (QED) is 0.459. The number of nitriles is 1. The van der Waals surface area contributed by atoms with Gasteiger partial charge in [0.15, 0.2) is 0 Å². The van der Waals surface area contributed by atoms with E-state index in [2.05, 4.69) is 12.6 Å². The van der Waals surface area contributed by atoms with Crippen LogP contribution in [0.4, 0.5) is 0 Å². The third-order valence-corrected chi connectivity index (χ3v) is 1.89. The molecule has 1 aromatic rings. The lowest BCUT2D eigenvalue weighted by atomic mass is 10.2. The Morgan fingerprint density at radius 2 is 1.79 bits per heavy atom. The topological polar surface area (TPSA) is 78.2 Å². The van der Waals surface area contributed by atoms with E-state index in [0.717, 1.165) is 0 Å². The van der Waals surface area contributed by atoms with Crippen molar-refractivity contribution in [3.63, 3.8) is 0 Å². The molecule has 0 aliphatic carbocycles. The Morgan fingerprint density at radius 3 is 2.14 bits per heavy atom. The van der Waals surface area contributed by atoms with Gasteiger partial charge in [-0.3, -0.25) is 4.55 Å². The standard InChI is InChI=1S/C7H8O3S.CHNS/c8-11(9,10)6-7-4-2-1-3-5-7;2-1-3/h1-5H,6H2,(H,8,9,10);3H. The molecule has 1 rings (SSSR count). The van der Waals surface area contributed by atoms with Crippen LogP contribution < -0.4 is 0 Å². The summed E-state index contributed by atoms with van der Waals surface area (Å²) in [6.45, 7) is 0. The van der Waals surface area contributed by atoms with Crippen molar-refractivity contribution in [3.05, 3.63) is 35.9 Å². The molecular weight excluding hydrogens is 222 g/mol. The Bertz CT molecular complexity index is 394. The van der Waals surface area contributed by atoms with Crippen molar-refractivity contribution in [2.45, 2.75) is 5.75 Å². The number of thiocyanates is 1. The molecule has 0 bridgehead atoms. The van der Waals surface area contributed by atoms with Crippen LogP contribution in [-0.4, -0.2) is 13.0 Å². The molecule has 0 spiro atoms. The maximum atomic E-state index is 10.4. The maximum absolute atomic E-state index is 10.4. The number of rotatable bonds is 2. The largest absolute Gasteiger partial charge is 0.285 e. The predicted molar refractivity (Wildman–Crippen MR) is 56.3 cm³/mol. The van der Waals surface area contributed by atoms with Gasteiger partial charge in [0.1, 0.15) is 11.2 Å². The summed E-state index contributed by atoms with van der Waals surface area (Å²) in [6.07, 6.45) is 0. The first-order valence-corrected chi connectivity index (χ1v) is 5.57. The van der Waals surface area contributed by atoms with Gasteiger partial charge in [-0.25, -0.2) is 0 Å². The van der Waals surface area contributed by atoms with Crippen LogP contribution in [0.2, 0.25) is 0 Å². The van der Waals surface area contributed by atoms with Gasteiger partial charge in [0.25, 0.3) is 10.1 Å². The summed E-state index contributed by atoms with van der Waals surface area (Å²) in [7, 11) is -3.88. The van der Waals surface area contributed by atoms with E-state index in [0.29, 0.717) is 5.56 Å². The first-order valence-electron chi connectivity index (χ1n) is 3.52. The van der Waals surface area contributed by atoms with Crippen molar-refractivity contribution in [1.29, 1.82) is 5.26 Å². The van der Waals surface area contributed by atoms with Crippen LogP contribution in [0.1, 0.15) is 5.56 Å². The average molecular weight is 231 g/mol. The lowest BCUT2D eigenvalue weighted by Crippen LogP contribution is -2.00. The molecule has 0 unspecified atom stereocenters. The Kier molecular flexibility index (Phi) is 5.95. The van der Waals surface area contributed by atoms with Crippen LogP contribution in [0.5, 0.6) is 0 Å². The van der Waals surface area contributed by atoms with Crippen molar-refractivity contribution >= 4 is 22.7 Å². The zero-order chi connectivity index (χ0) is 11.0. The number of hydrogen-bond acceptors (Lipinski definition) is 4. The van der Waals surface area contributed by atoms with Gasteiger partial charge in [0.2, 0.25) is 0 Å². The summed E-state index contributed by atoms with van der Waals surface area (Å²) < 4.78 is 29.2. The van der Waals surface area contributed by atoms with Gasteiger partial charge < -0.3 is 0 Å². The van der Waals surface area contributed by atoms with Gasteiger partial charge in [-0.2, -0.15) is 13.7 Å². The van der Waals surface area contributed by atoms with E-state index in [-0.39, 0.29) is 5.75 Å². The molecule has 14 heavy (non-hydrogen) atoms. The Hall–Kier alpha value is -1.03. The highest BCUT2D eigenvalue weighted by atomic mass is 32.2.